The number of hydrogen-bond acceptors (Lipinski definition) is 3. The first-order valence-corrected chi connectivity index (χ1v) is 4.44. The van der Waals surface area contributed by atoms with Crippen molar-refractivity contribution in [3.05, 3.63) is 23.8 Å². The Morgan fingerprint density at radius 3 is 2.50 bits per heavy atom. The highest BCUT2D eigenvalue weighted by molar-refractivity contribution is 5.14. The SMILES string of the molecule is OCC(F)(F)c1cnc(C2CC2)cn1. The van der Waals surface area contributed by atoms with Crippen LogP contribution in [0.3, 0.4) is 0 Å². The molecule has 0 amide bonds. The molecule has 1 aromatic rings. The Labute approximate surface area is 79.8 Å². The van der Waals surface area contributed by atoms with Crippen molar-refractivity contribution >= 4 is 0 Å². The maximum atomic E-state index is 12.9. The van der Waals surface area contributed by atoms with Gasteiger partial charge in [-0.25, -0.2) is 0 Å². The lowest BCUT2D eigenvalue weighted by Crippen LogP contribution is -2.20. The second-order valence-corrected chi connectivity index (χ2v) is 3.46. The van der Waals surface area contributed by atoms with Crippen molar-refractivity contribution in [3.8, 4) is 0 Å². The average Bonchev–Trinajstić information content (AvgIpc) is 3.01. The van der Waals surface area contributed by atoms with Crippen molar-refractivity contribution in [1.82, 2.24) is 9.97 Å². The normalized spacial score (nSPS) is 17.1. The Balaban J connectivity index is 2.20. The van der Waals surface area contributed by atoms with Gasteiger partial charge in [0.1, 0.15) is 12.3 Å². The summed E-state index contributed by atoms with van der Waals surface area (Å²) in [6.07, 6.45) is 4.54. The van der Waals surface area contributed by atoms with Gasteiger partial charge in [0, 0.05) is 12.1 Å². The smallest absolute Gasteiger partial charge is 0.313 e. The van der Waals surface area contributed by atoms with Crippen molar-refractivity contribution in [2.75, 3.05) is 6.61 Å². The summed E-state index contributed by atoms with van der Waals surface area (Å²) in [4.78, 5) is 7.51. The van der Waals surface area contributed by atoms with Crippen molar-refractivity contribution < 1.29 is 13.9 Å². The molecule has 0 aromatic carbocycles. The Bertz CT molecular complexity index is 322. The van der Waals surface area contributed by atoms with E-state index in [9.17, 15) is 8.78 Å². The molecule has 1 aliphatic carbocycles. The second-order valence-electron chi connectivity index (χ2n) is 3.46. The fourth-order valence-corrected chi connectivity index (χ4v) is 1.20. The molecule has 1 saturated carbocycles. The van der Waals surface area contributed by atoms with Gasteiger partial charge in [-0.15, -0.1) is 0 Å². The van der Waals surface area contributed by atoms with Gasteiger partial charge in [0.05, 0.1) is 11.9 Å². The molecule has 76 valence electrons. The molecular formula is C9H10F2N2O. The number of nitrogens with zero attached hydrogens (tertiary/aromatic N) is 2. The van der Waals surface area contributed by atoms with Crippen LogP contribution >= 0.6 is 0 Å². The van der Waals surface area contributed by atoms with Crippen LogP contribution in [-0.4, -0.2) is 21.7 Å². The van der Waals surface area contributed by atoms with Gasteiger partial charge < -0.3 is 5.11 Å². The second kappa shape index (κ2) is 3.24. The molecule has 1 N–H and O–H groups in total. The third-order valence-corrected chi connectivity index (χ3v) is 2.24. The average molecular weight is 200 g/mol. The lowest BCUT2D eigenvalue weighted by molar-refractivity contribution is -0.0595. The van der Waals surface area contributed by atoms with Crippen LogP contribution in [0.2, 0.25) is 0 Å². The van der Waals surface area contributed by atoms with Gasteiger partial charge in [-0.05, 0) is 12.8 Å². The van der Waals surface area contributed by atoms with E-state index in [1.165, 1.54) is 6.20 Å². The first-order chi connectivity index (χ1) is 6.63. The van der Waals surface area contributed by atoms with E-state index < -0.39 is 18.2 Å². The van der Waals surface area contributed by atoms with Gasteiger partial charge >= 0.3 is 5.92 Å². The minimum Gasteiger partial charge on any atom is -0.390 e. The van der Waals surface area contributed by atoms with Gasteiger partial charge in [-0.2, -0.15) is 8.78 Å². The Hall–Kier alpha value is -1.10. The first kappa shape index (κ1) is 9.45. The number of aromatic nitrogens is 2. The fourth-order valence-electron chi connectivity index (χ4n) is 1.20. The van der Waals surface area contributed by atoms with Crippen LogP contribution in [-0.2, 0) is 5.92 Å². The molecule has 0 spiro atoms. The summed E-state index contributed by atoms with van der Waals surface area (Å²) in [5, 5.41) is 8.42. The summed E-state index contributed by atoms with van der Waals surface area (Å²) < 4.78 is 25.8. The Morgan fingerprint density at radius 2 is 2.07 bits per heavy atom. The summed E-state index contributed by atoms with van der Waals surface area (Å²) in [6, 6.07) is 0. The zero-order chi connectivity index (χ0) is 10.2. The molecule has 0 radical (unpaired) electrons. The molecule has 0 aliphatic heterocycles. The molecule has 0 unspecified atom stereocenters. The number of aliphatic hydroxyl groups excluding tert-OH is 1. The van der Waals surface area contributed by atoms with Crippen LogP contribution in [0.1, 0.15) is 30.1 Å². The number of hydrogen-bond donors (Lipinski definition) is 1. The van der Waals surface area contributed by atoms with Gasteiger partial charge in [-0.3, -0.25) is 9.97 Å². The van der Waals surface area contributed by atoms with Crippen LogP contribution < -0.4 is 0 Å². The summed E-state index contributed by atoms with van der Waals surface area (Å²) in [6.45, 7) is -1.23. The first-order valence-electron chi connectivity index (χ1n) is 4.44. The zero-order valence-corrected chi connectivity index (χ0v) is 7.45. The van der Waals surface area contributed by atoms with Gasteiger partial charge in [0.2, 0.25) is 0 Å². The van der Waals surface area contributed by atoms with Crippen LogP contribution in [0.15, 0.2) is 12.4 Å². The highest BCUT2D eigenvalue weighted by Gasteiger charge is 2.33. The molecule has 0 saturated heterocycles. The molecule has 1 fully saturated rings. The summed E-state index contributed by atoms with van der Waals surface area (Å²) >= 11 is 0. The van der Waals surface area contributed by atoms with E-state index in [2.05, 4.69) is 9.97 Å². The summed E-state index contributed by atoms with van der Waals surface area (Å²) in [5.41, 5.74) is 0.298. The van der Waals surface area contributed by atoms with Crippen molar-refractivity contribution in [3.63, 3.8) is 0 Å². The molecule has 5 heteroatoms. The zero-order valence-electron chi connectivity index (χ0n) is 7.45. The number of aliphatic hydroxyl groups is 1. The topological polar surface area (TPSA) is 46.0 Å². The minimum absolute atomic E-state index is 0.402. The molecule has 1 aliphatic rings. The summed E-state index contributed by atoms with van der Waals surface area (Å²) in [5.74, 6) is -2.88. The Morgan fingerprint density at radius 1 is 1.36 bits per heavy atom. The van der Waals surface area contributed by atoms with E-state index in [4.69, 9.17) is 5.11 Å². The van der Waals surface area contributed by atoms with Crippen LogP contribution in [0, 0.1) is 0 Å². The van der Waals surface area contributed by atoms with Crippen LogP contribution in [0.25, 0.3) is 0 Å². The van der Waals surface area contributed by atoms with E-state index in [-0.39, 0.29) is 0 Å². The number of alkyl halides is 2. The van der Waals surface area contributed by atoms with E-state index in [0.29, 0.717) is 5.92 Å². The summed E-state index contributed by atoms with van der Waals surface area (Å²) in [7, 11) is 0. The Kier molecular flexibility index (Phi) is 2.19. The molecular weight excluding hydrogens is 190 g/mol. The highest BCUT2D eigenvalue weighted by atomic mass is 19.3. The third-order valence-electron chi connectivity index (χ3n) is 2.24. The molecule has 0 atom stereocenters. The monoisotopic (exact) mass is 200 g/mol. The maximum Gasteiger partial charge on any atom is 0.313 e. The van der Waals surface area contributed by atoms with Crippen molar-refractivity contribution in [1.29, 1.82) is 0 Å². The third kappa shape index (κ3) is 1.72. The molecule has 14 heavy (non-hydrogen) atoms. The molecule has 0 bridgehead atoms. The van der Waals surface area contributed by atoms with E-state index in [0.717, 1.165) is 24.7 Å². The molecule has 2 rings (SSSR count). The van der Waals surface area contributed by atoms with E-state index in [1.807, 2.05) is 0 Å². The minimum atomic E-state index is -3.28. The maximum absolute atomic E-state index is 12.9. The van der Waals surface area contributed by atoms with E-state index >= 15 is 0 Å². The standard InChI is InChI=1S/C9H10F2N2O/c10-9(11,5-14)8-4-12-7(3-13-8)6-1-2-6/h3-4,6,14H,1-2,5H2. The van der Waals surface area contributed by atoms with Gasteiger partial charge in [-0.1, -0.05) is 0 Å². The predicted octanol–water partition coefficient (Wildman–Crippen LogP) is 1.44. The largest absolute Gasteiger partial charge is 0.390 e. The molecule has 1 heterocycles. The van der Waals surface area contributed by atoms with Crippen molar-refractivity contribution in [2.24, 2.45) is 0 Å². The van der Waals surface area contributed by atoms with Crippen molar-refractivity contribution in [2.45, 2.75) is 24.7 Å². The number of halogens is 2. The van der Waals surface area contributed by atoms with Crippen LogP contribution in [0.5, 0.6) is 0 Å². The van der Waals surface area contributed by atoms with Gasteiger partial charge in [0.25, 0.3) is 0 Å². The van der Waals surface area contributed by atoms with E-state index in [1.54, 1.807) is 0 Å². The highest BCUT2D eigenvalue weighted by Crippen LogP contribution is 2.38. The van der Waals surface area contributed by atoms with Gasteiger partial charge in [0.15, 0.2) is 0 Å². The molecule has 3 nitrogen and oxygen atoms in total. The lowest BCUT2D eigenvalue weighted by Gasteiger charge is -2.11. The fraction of sp³-hybridized carbons (Fsp3) is 0.556. The quantitative estimate of drug-likeness (QED) is 0.803. The predicted molar refractivity (Wildman–Crippen MR) is 45.0 cm³/mol. The van der Waals surface area contributed by atoms with Crippen LogP contribution in [0.4, 0.5) is 8.78 Å². The molecule has 1 aromatic heterocycles. The number of rotatable bonds is 3. The lowest BCUT2D eigenvalue weighted by atomic mass is 10.2.